The van der Waals surface area contributed by atoms with Gasteiger partial charge in [-0.15, -0.1) is 0 Å². The van der Waals surface area contributed by atoms with Crippen LogP contribution >= 0.6 is 0 Å². The molecule has 7 nitrogen and oxygen atoms in total. The SMILES string of the molecule is CNC(=O)c1ccc(Oc2ccc(C(C)(C)NC(=O)OC3CN4CCC3CC4)cc2)cc1. The Morgan fingerprint density at radius 2 is 1.56 bits per heavy atom. The fourth-order valence-electron chi connectivity index (χ4n) is 4.43. The van der Waals surface area contributed by atoms with Crippen molar-refractivity contribution in [1.82, 2.24) is 15.5 Å². The Kier molecular flexibility index (Phi) is 6.37. The maximum atomic E-state index is 12.6. The molecular weight excluding hydrogens is 406 g/mol. The van der Waals surface area contributed by atoms with Crippen LogP contribution in [0, 0.1) is 5.92 Å². The van der Waals surface area contributed by atoms with Crippen LogP contribution < -0.4 is 15.4 Å². The van der Waals surface area contributed by atoms with Gasteiger partial charge in [-0.1, -0.05) is 12.1 Å². The molecule has 3 aliphatic rings. The molecule has 32 heavy (non-hydrogen) atoms. The van der Waals surface area contributed by atoms with Crippen LogP contribution in [-0.4, -0.2) is 49.7 Å². The summed E-state index contributed by atoms with van der Waals surface area (Å²) in [5.74, 6) is 1.66. The minimum atomic E-state index is -0.585. The average Bonchev–Trinajstić information content (AvgIpc) is 2.80. The van der Waals surface area contributed by atoms with Gasteiger partial charge >= 0.3 is 6.09 Å². The predicted octanol–water partition coefficient (Wildman–Crippen LogP) is 3.89. The summed E-state index contributed by atoms with van der Waals surface area (Å²) in [7, 11) is 1.60. The molecule has 2 bridgehead atoms. The van der Waals surface area contributed by atoms with Crippen LogP contribution in [0.15, 0.2) is 48.5 Å². The number of nitrogens with zero attached hydrogens (tertiary/aromatic N) is 1. The molecule has 0 saturated carbocycles. The number of hydrogen-bond acceptors (Lipinski definition) is 5. The van der Waals surface area contributed by atoms with Gasteiger partial charge in [0.1, 0.15) is 17.6 Å². The van der Waals surface area contributed by atoms with Crippen molar-refractivity contribution in [3.05, 3.63) is 59.7 Å². The summed E-state index contributed by atoms with van der Waals surface area (Å²) >= 11 is 0. The second kappa shape index (κ2) is 9.20. The highest BCUT2D eigenvalue weighted by atomic mass is 16.6. The monoisotopic (exact) mass is 437 g/mol. The molecular formula is C25H31N3O4. The van der Waals surface area contributed by atoms with Gasteiger partial charge in [0.05, 0.1) is 5.54 Å². The Hall–Kier alpha value is -3.06. The minimum Gasteiger partial charge on any atom is -0.457 e. The topological polar surface area (TPSA) is 79.9 Å². The van der Waals surface area contributed by atoms with E-state index >= 15 is 0 Å². The summed E-state index contributed by atoms with van der Waals surface area (Å²) in [6, 6.07) is 14.6. The second-order valence-corrected chi connectivity index (χ2v) is 9.06. The Morgan fingerprint density at radius 3 is 2.09 bits per heavy atom. The number of carbonyl (C=O) groups excluding carboxylic acids is 2. The van der Waals surface area contributed by atoms with Crippen LogP contribution in [0.25, 0.3) is 0 Å². The quantitative estimate of drug-likeness (QED) is 0.717. The molecule has 170 valence electrons. The molecule has 3 saturated heterocycles. The van der Waals surface area contributed by atoms with Gasteiger partial charge in [-0.3, -0.25) is 9.69 Å². The third kappa shape index (κ3) is 5.05. The van der Waals surface area contributed by atoms with Gasteiger partial charge < -0.3 is 20.1 Å². The van der Waals surface area contributed by atoms with Crippen LogP contribution in [0.5, 0.6) is 11.5 Å². The normalized spacial score (nSPS) is 22.2. The molecule has 1 unspecified atom stereocenters. The van der Waals surface area contributed by atoms with Crippen LogP contribution in [0.4, 0.5) is 4.79 Å². The summed E-state index contributed by atoms with van der Waals surface area (Å²) in [6.45, 7) is 6.99. The number of alkyl carbamates (subject to hydrolysis) is 1. The molecule has 2 N–H and O–H groups in total. The molecule has 2 aromatic rings. The summed E-state index contributed by atoms with van der Waals surface area (Å²) in [6.07, 6.45) is 1.83. The Morgan fingerprint density at radius 1 is 0.969 bits per heavy atom. The number of rotatable bonds is 6. The number of amides is 2. The lowest BCUT2D eigenvalue weighted by molar-refractivity contribution is -0.0349. The molecule has 3 aliphatic heterocycles. The van der Waals surface area contributed by atoms with Gasteiger partial charge in [-0.05, 0) is 87.7 Å². The van der Waals surface area contributed by atoms with Crippen LogP contribution in [0.3, 0.4) is 0 Å². The minimum absolute atomic E-state index is 0.0149. The zero-order valence-electron chi connectivity index (χ0n) is 18.9. The molecule has 0 aliphatic carbocycles. The summed E-state index contributed by atoms with van der Waals surface area (Å²) in [5.41, 5.74) is 0.942. The highest BCUT2D eigenvalue weighted by molar-refractivity contribution is 5.94. The Balaban J connectivity index is 1.34. The lowest BCUT2D eigenvalue weighted by Crippen LogP contribution is -2.53. The van der Waals surface area contributed by atoms with Crippen molar-refractivity contribution in [1.29, 1.82) is 0 Å². The van der Waals surface area contributed by atoms with Gasteiger partial charge in [0.25, 0.3) is 5.91 Å². The number of piperidine rings is 3. The first-order valence-electron chi connectivity index (χ1n) is 11.2. The molecule has 0 aromatic heterocycles. The van der Waals surface area contributed by atoms with Crippen molar-refractivity contribution in [2.24, 2.45) is 5.92 Å². The van der Waals surface area contributed by atoms with Crippen LogP contribution in [-0.2, 0) is 10.3 Å². The molecule has 5 rings (SSSR count). The molecule has 7 heteroatoms. The van der Waals surface area contributed by atoms with Crippen molar-refractivity contribution in [2.45, 2.75) is 38.3 Å². The molecule has 0 radical (unpaired) electrons. The van der Waals surface area contributed by atoms with E-state index in [1.165, 1.54) is 0 Å². The molecule has 3 fully saturated rings. The third-order valence-corrected chi connectivity index (χ3v) is 6.42. The number of nitrogens with one attached hydrogen (secondary N) is 2. The maximum absolute atomic E-state index is 12.6. The lowest BCUT2D eigenvalue weighted by Gasteiger charge is -2.44. The van der Waals surface area contributed by atoms with Crippen LogP contribution in [0.1, 0.15) is 42.6 Å². The van der Waals surface area contributed by atoms with E-state index in [1.54, 1.807) is 31.3 Å². The van der Waals surface area contributed by atoms with E-state index in [0.29, 0.717) is 23.0 Å². The number of hydrogen-bond donors (Lipinski definition) is 2. The van der Waals surface area contributed by atoms with E-state index in [9.17, 15) is 9.59 Å². The summed E-state index contributed by atoms with van der Waals surface area (Å²) in [4.78, 5) is 26.6. The number of carbonyl (C=O) groups is 2. The first kappa shape index (κ1) is 22.1. The Bertz CT molecular complexity index is 948. The molecule has 1 atom stereocenters. The largest absolute Gasteiger partial charge is 0.457 e. The Labute approximate surface area is 189 Å². The van der Waals surface area contributed by atoms with Crippen molar-refractivity contribution >= 4 is 12.0 Å². The number of ether oxygens (including phenoxy) is 2. The van der Waals surface area contributed by atoms with Gasteiger partial charge in [-0.25, -0.2) is 4.79 Å². The number of benzene rings is 2. The highest BCUT2D eigenvalue weighted by Gasteiger charge is 2.37. The highest BCUT2D eigenvalue weighted by Crippen LogP contribution is 2.30. The first-order valence-corrected chi connectivity index (χ1v) is 11.2. The van der Waals surface area contributed by atoms with Crippen molar-refractivity contribution < 1.29 is 19.1 Å². The van der Waals surface area contributed by atoms with Gasteiger partial charge in [0.15, 0.2) is 0 Å². The van der Waals surface area contributed by atoms with E-state index < -0.39 is 5.54 Å². The predicted molar refractivity (Wildman–Crippen MR) is 122 cm³/mol. The smallest absolute Gasteiger partial charge is 0.408 e. The molecule has 0 spiro atoms. The average molecular weight is 438 g/mol. The fourth-order valence-corrected chi connectivity index (χ4v) is 4.43. The summed E-state index contributed by atoms with van der Waals surface area (Å²) in [5, 5.41) is 5.61. The summed E-state index contributed by atoms with van der Waals surface area (Å²) < 4.78 is 11.7. The zero-order chi connectivity index (χ0) is 22.7. The molecule has 3 heterocycles. The molecule has 2 amide bonds. The van der Waals surface area contributed by atoms with Crippen molar-refractivity contribution in [2.75, 3.05) is 26.7 Å². The van der Waals surface area contributed by atoms with Crippen molar-refractivity contribution in [3.8, 4) is 11.5 Å². The van der Waals surface area contributed by atoms with Crippen molar-refractivity contribution in [3.63, 3.8) is 0 Å². The first-order chi connectivity index (χ1) is 15.3. The van der Waals surface area contributed by atoms with Gasteiger partial charge in [0, 0.05) is 19.2 Å². The van der Waals surface area contributed by atoms with E-state index in [4.69, 9.17) is 9.47 Å². The maximum Gasteiger partial charge on any atom is 0.408 e. The van der Waals surface area contributed by atoms with Crippen LogP contribution in [0.2, 0.25) is 0 Å². The second-order valence-electron chi connectivity index (χ2n) is 9.06. The number of fused-ring (bicyclic) bond motifs is 3. The lowest BCUT2D eigenvalue weighted by atomic mass is 9.86. The zero-order valence-corrected chi connectivity index (χ0v) is 18.9. The van der Waals surface area contributed by atoms with E-state index in [1.807, 2.05) is 38.1 Å². The standard InChI is InChI=1S/C25H31N3O4/c1-25(2,27-24(30)32-22-16-28-14-12-17(22)13-15-28)19-6-10-21(11-7-19)31-20-8-4-18(5-9-20)23(29)26-3/h4-11,17,22H,12-16H2,1-3H3,(H,26,29)(H,27,30). The fraction of sp³-hybridized carbons (Fsp3) is 0.440. The van der Waals surface area contributed by atoms with Gasteiger partial charge in [0.2, 0.25) is 0 Å². The van der Waals surface area contributed by atoms with E-state index in [-0.39, 0.29) is 18.1 Å². The van der Waals surface area contributed by atoms with E-state index in [2.05, 4.69) is 15.5 Å². The van der Waals surface area contributed by atoms with Gasteiger partial charge in [-0.2, -0.15) is 0 Å². The molecule has 2 aromatic carbocycles. The third-order valence-electron chi connectivity index (χ3n) is 6.42. The van der Waals surface area contributed by atoms with E-state index in [0.717, 1.165) is 38.0 Å².